The number of nitrogens with one attached hydrogen (secondary N) is 2. The van der Waals surface area contributed by atoms with Crippen molar-refractivity contribution in [1.29, 1.82) is 0 Å². The zero-order valence-electron chi connectivity index (χ0n) is 13.0. The first kappa shape index (κ1) is 16.0. The first-order chi connectivity index (χ1) is 11.3. The Morgan fingerprint density at radius 2 is 2.35 bits per heavy atom. The molecule has 1 aliphatic rings. The number of carbonyl (C=O) groups is 1. The molecule has 0 radical (unpaired) electrons. The van der Waals surface area contributed by atoms with Crippen molar-refractivity contribution in [3.63, 3.8) is 0 Å². The van der Waals surface area contributed by atoms with Crippen LogP contribution >= 0.6 is 11.8 Å². The maximum Gasteiger partial charge on any atom is 0.230 e. The average Bonchev–Trinajstić information content (AvgIpc) is 3.06. The summed E-state index contributed by atoms with van der Waals surface area (Å²) in [6, 6.07) is 8.24. The largest absolute Gasteiger partial charge is 0.371 e. The monoisotopic (exact) mass is 332 g/mol. The smallest absolute Gasteiger partial charge is 0.230 e. The quantitative estimate of drug-likeness (QED) is 0.790. The molecule has 2 heterocycles. The summed E-state index contributed by atoms with van der Waals surface area (Å²) >= 11 is 1.33. The number of ether oxygens (including phenoxy) is 1. The highest BCUT2D eigenvalue weighted by atomic mass is 32.2. The van der Waals surface area contributed by atoms with E-state index in [1.165, 1.54) is 22.9 Å². The second-order valence-electron chi connectivity index (χ2n) is 5.32. The maximum atomic E-state index is 12.0. The lowest BCUT2D eigenvalue weighted by Gasteiger charge is -2.26. The third-order valence-electron chi connectivity index (χ3n) is 3.76. The SMILES string of the molecule is CCc1nc(SCC(=O)NC[C@H]2OCCc3ccccc32)n[nH]1. The number of aryl methyl sites for hydroxylation is 1. The van der Waals surface area contributed by atoms with Crippen LogP contribution in [-0.2, 0) is 22.4 Å². The summed E-state index contributed by atoms with van der Waals surface area (Å²) in [7, 11) is 0. The number of carbonyl (C=O) groups excluding carboxylic acids is 1. The number of aromatic nitrogens is 3. The molecule has 0 unspecified atom stereocenters. The zero-order valence-corrected chi connectivity index (χ0v) is 13.9. The number of rotatable bonds is 6. The molecule has 7 heteroatoms. The summed E-state index contributed by atoms with van der Waals surface area (Å²) in [6.07, 6.45) is 1.67. The third kappa shape index (κ3) is 4.11. The van der Waals surface area contributed by atoms with Crippen molar-refractivity contribution in [1.82, 2.24) is 20.5 Å². The van der Waals surface area contributed by atoms with E-state index in [0.717, 1.165) is 18.7 Å². The Balaban J connectivity index is 1.48. The van der Waals surface area contributed by atoms with Gasteiger partial charge in [0, 0.05) is 13.0 Å². The van der Waals surface area contributed by atoms with Crippen molar-refractivity contribution in [3.8, 4) is 0 Å². The van der Waals surface area contributed by atoms with Gasteiger partial charge in [-0.1, -0.05) is 43.0 Å². The summed E-state index contributed by atoms with van der Waals surface area (Å²) in [5.41, 5.74) is 2.48. The highest BCUT2D eigenvalue weighted by molar-refractivity contribution is 7.99. The fourth-order valence-corrected chi connectivity index (χ4v) is 3.18. The van der Waals surface area contributed by atoms with Crippen molar-refractivity contribution < 1.29 is 9.53 Å². The van der Waals surface area contributed by atoms with Crippen LogP contribution in [0.1, 0.15) is 30.0 Å². The van der Waals surface area contributed by atoms with Gasteiger partial charge in [-0.25, -0.2) is 4.98 Å². The van der Waals surface area contributed by atoms with E-state index in [1.54, 1.807) is 0 Å². The highest BCUT2D eigenvalue weighted by Gasteiger charge is 2.20. The van der Waals surface area contributed by atoms with Crippen LogP contribution in [0.25, 0.3) is 0 Å². The molecule has 0 spiro atoms. The van der Waals surface area contributed by atoms with Crippen molar-refractivity contribution in [3.05, 3.63) is 41.2 Å². The Morgan fingerprint density at radius 3 is 3.17 bits per heavy atom. The molecule has 0 bridgehead atoms. The molecule has 0 aliphatic carbocycles. The van der Waals surface area contributed by atoms with Gasteiger partial charge in [0.15, 0.2) is 0 Å². The normalized spacial score (nSPS) is 16.8. The molecule has 2 aromatic rings. The number of hydrogen-bond donors (Lipinski definition) is 2. The number of amides is 1. The zero-order chi connectivity index (χ0) is 16.1. The number of aromatic amines is 1. The molecule has 0 saturated heterocycles. The summed E-state index contributed by atoms with van der Waals surface area (Å²) in [4.78, 5) is 16.3. The molecular formula is C16H20N4O2S. The molecule has 1 amide bonds. The first-order valence-electron chi connectivity index (χ1n) is 7.76. The lowest BCUT2D eigenvalue weighted by atomic mass is 9.97. The van der Waals surface area contributed by atoms with Crippen LogP contribution in [0.3, 0.4) is 0 Å². The average molecular weight is 332 g/mol. The number of hydrogen-bond acceptors (Lipinski definition) is 5. The van der Waals surface area contributed by atoms with Gasteiger partial charge in [-0.15, -0.1) is 5.10 Å². The molecule has 1 aliphatic heterocycles. The van der Waals surface area contributed by atoms with E-state index in [0.29, 0.717) is 24.1 Å². The van der Waals surface area contributed by atoms with Gasteiger partial charge in [-0.2, -0.15) is 0 Å². The summed E-state index contributed by atoms with van der Waals surface area (Å²) < 4.78 is 5.78. The number of benzene rings is 1. The predicted molar refractivity (Wildman–Crippen MR) is 88.3 cm³/mol. The van der Waals surface area contributed by atoms with Crippen LogP contribution in [0.15, 0.2) is 29.4 Å². The van der Waals surface area contributed by atoms with Gasteiger partial charge >= 0.3 is 0 Å². The molecular weight excluding hydrogens is 312 g/mol. The molecule has 0 fully saturated rings. The standard InChI is InChI=1S/C16H20N4O2S/c1-2-14-18-16(20-19-14)23-10-15(21)17-9-13-12-6-4-3-5-11(12)7-8-22-13/h3-6,13H,2,7-10H2,1H3,(H,17,21)(H,18,19,20)/t13-/m1/s1. The summed E-state index contributed by atoms with van der Waals surface area (Å²) in [6.45, 7) is 3.19. The summed E-state index contributed by atoms with van der Waals surface area (Å²) in [5, 5.41) is 10.4. The van der Waals surface area contributed by atoms with Gasteiger partial charge in [0.25, 0.3) is 0 Å². The Labute approximate surface area is 139 Å². The maximum absolute atomic E-state index is 12.0. The van der Waals surface area contributed by atoms with Crippen LogP contribution < -0.4 is 5.32 Å². The van der Waals surface area contributed by atoms with Gasteiger partial charge in [-0.05, 0) is 17.5 Å². The first-order valence-corrected chi connectivity index (χ1v) is 8.75. The molecule has 23 heavy (non-hydrogen) atoms. The van der Waals surface area contributed by atoms with E-state index in [-0.39, 0.29) is 12.0 Å². The van der Waals surface area contributed by atoms with Crippen LogP contribution in [0.5, 0.6) is 0 Å². The van der Waals surface area contributed by atoms with E-state index in [9.17, 15) is 4.79 Å². The summed E-state index contributed by atoms with van der Waals surface area (Å²) in [5.74, 6) is 1.10. The molecule has 3 rings (SSSR count). The van der Waals surface area contributed by atoms with Crippen molar-refractivity contribution in [2.45, 2.75) is 31.0 Å². The lowest BCUT2D eigenvalue weighted by molar-refractivity contribution is -0.119. The van der Waals surface area contributed by atoms with Crippen LogP contribution in [0.4, 0.5) is 0 Å². The Kier molecular flexibility index (Phi) is 5.30. The number of thioether (sulfide) groups is 1. The minimum atomic E-state index is -0.0656. The molecule has 1 aromatic carbocycles. The van der Waals surface area contributed by atoms with Gasteiger partial charge in [0.05, 0.1) is 12.4 Å². The van der Waals surface area contributed by atoms with E-state index in [4.69, 9.17) is 4.74 Å². The second kappa shape index (κ2) is 7.61. The predicted octanol–water partition coefficient (Wildman–Crippen LogP) is 1.89. The van der Waals surface area contributed by atoms with E-state index >= 15 is 0 Å². The minimum absolute atomic E-state index is 0.0375. The Bertz CT molecular complexity index is 674. The number of nitrogens with zero attached hydrogens (tertiary/aromatic N) is 2. The number of fused-ring (bicyclic) bond motifs is 1. The molecule has 2 N–H and O–H groups in total. The molecule has 122 valence electrons. The third-order valence-corrected chi connectivity index (χ3v) is 4.60. The van der Waals surface area contributed by atoms with Crippen molar-refractivity contribution in [2.75, 3.05) is 18.9 Å². The van der Waals surface area contributed by atoms with E-state index in [1.807, 2.05) is 19.1 Å². The van der Waals surface area contributed by atoms with Crippen molar-refractivity contribution >= 4 is 17.7 Å². The molecule has 1 atom stereocenters. The van der Waals surface area contributed by atoms with Gasteiger partial charge in [0.2, 0.25) is 11.1 Å². The van der Waals surface area contributed by atoms with Gasteiger partial charge in [-0.3, -0.25) is 9.89 Å². The minimum Gasteiger partial charge on any atom is -0.371 e. The fourth-order valence-electron chi connectivity index (χ4n) is 2.53. The topological polar surface area (TPSA) is 79.9 Å². The van der Waals surface area contributed by atoms with Crippen molar-refractivity contribution in [2.24, 2.45) is 0 Å². The Morgan fingerprint density at radius 1 is 1.48 bits per heavy atom. The van der Waals surface area contributed by atoms with Crippen LogP contribution in [0.2, 0.25) is 0 Å². The second-order valence-corrected chi connectivity index (χ2v) is 6.26. The van der Waals surface area contributed by atoms with Gasteiger partial charge < -0.3 is 10.1 Å². The van der Waals surface area contributed by atoms with Gasteiger partial charge in [0.1, 0.15) is 11.9 Å². The van der Waals surface area contributed by atoms with E-state index < -0.39 is 0 Å². The molecule has 1 aromatic heterocycles. The molecule has 0 saturated carbocycles. The number of H-pyrrole nitrogens is 1. The highest BCUT2D eigenvalue weighted by Crippen LogP contribution is 2.26. The van der Waals surface area contributed by atoms with E-state index in [2.05, 4.69) is 32.6 Å². The van der Waals surface area contributed by atoms with Crippen LogP contribution in [0, 0.1) is 0 Å². The Hall–Kier alpha value is -1.86. The van der Waals surface area contributed by atoms with Crippen LogP contribution in [-0.4, -0.2) is 40.0 Å². The fraction of sp³-hybridized carbons (Fsp3) is 0.438. The molecule has 6 nitrogen and oxygen atoms in total. The lowest BCUT2D eigenvalue weighted by Crippen LogP contribution is -2.32.